The molecule has 0 spiro atoms. The van der Waals surface area contributed by atoms with E-state index in [0.29, 0.717) is 23.0 Å². The third-order valence-corrected chi connectivity index (χ3v) is 14.0. The lowest BCUT2D eigenvalue weighted by Gasteiger charge is -2.13. The third kappa shape index (κ3) is 8.02. The van der Waals surface area contributed by atoms with E-state index in [2.05, 4.69) is 31.9 Å². The summed E-state index contributed by atoms with van der Waals surface area (Å²) in [6.07, 6.45) is 0. The van der Waals surface area contributed by atoms with Crippen molar-refractivity contribution < 1.29 is 26.3 Å². The van der Waals surface area contributed by atoms with Crippen molar-refractivity contribution in [3.63, 3.8) is 0 Å². The van der Waals surface area contributed by atoms with Gasteiger partial charge in [-0.3, -0.25) is 0 Å². The van der Waals surface area contributed by atoms with Gasteiger partial charge in [-0.2, -0.15) is 0 Å². The fourth-order valence-corrected chi connectivity index (χ4v) is 9.67. The lowest BCUT2D eigenvalue weighted by Crippen LogP contribution is -2.01. The molecular weight excluding hydrogens is 816 g/mol. The molecule has 6 aromatic carbocycles. The molecule has 0 aliphatic heterocycles. The lowest BCUT2D eigenvalue weighted by molar-refractivity contribution is 0.470. The first-order valence-corrected chi connectivity index (χ1v) is 20.9. The molecule has 0 heterocycles. The van der Waals surface area contributed by atoms with E-state index in [4.69, 9.17) is 9.47 Å². The Balaban J connectivity index is 1.13. The molecule has 12 heteroatoms. The monoisotopic (exact) mass is 838 g/mol. The molecule has 0 aliphatic rings. The first kappa shape index (κ1) is 34.3. The van der Waals surface area contributed by atoms with Crippen LogP contribution in [0.2, 0.25) is 0 Å². The molecule has 0 fully saturated rings. The van der Waals surface area contributed by atoms with Gasteiger partial charge < -0.3 is 9.47 Å². The molecule has 0 aromatic heterocycles. The zero-order valence-corrected chi connectivity index (χ0v) is 31.1. The van der Waals surface area contributed by atoms with Gasteiger partial charge in [0.25, 0.3) is 0 Å². The van der Waals surface area contributed by atoms with Gasteiger partial charge in [0.2, 0.25) is 19.7 Å². The molecule has 0 unspecified atom stereocenters. The Labute approximate surface area is 304 Å². The smallest absolute Gasteiger partial charge is 0.206 e. The van der Waals surface area contributed by atoms with Crippen molar-refractivity contribution in [1.82, 2.24) is 0 Å². The summed E-state index contributed by atoms with van der Waals surface area (Å²) in [6.45, 7) is 0. The predicted molar refractivity (Wildman–Crippen MR) is 197 cm³/mol. The van der Waals surface area contributed by atoms with Crippen LogP contribution in [-0.2, 0) is 19.7 Å². The van der Waals surface area contributed by atoms with Gasteiger partial charge in [-0.05, 0) is 143 Å². The van der Waals surface area contributed by atoms with E-state index in [0.717, 1.165) is 18.7 Å². The van der Waals surface area contributed by atoms with E-state index >= 15 is 0 Å². The molecular formula is C36H24Br2O6S4. The molecule has 0 saturated heterocycles. The maximum atomic E-state index is 13.1. The lowest BCUT2D eigenvalue weighted by atomic mass is 10.3. The van der Waals surface area contributed by atoms with Crippen LogP contribution in [0, 0.1) is 0 Å². The Morgan fingerprint density at radius 1 is 0.396 bits per heavy atom. The highest BCUT2D eigenvalue weighted by Gasteiger charge is 2.19. The summed E-state index contributed by atoms with van der Waals surface area (Å²) >= 11 is 6.67. The number of sulfone groups is 2. The Morgan fingerprint density at radius 2 is 0.688 bits per heavy atom. The largest absolute Gasteiger partial charge is 0.456 e. The number of hydrogen-bond donors (Lipinski definition) is 0. The quantitative estimate of drug-likeness (QED) is 0.119. The number of para-hydroxylation sites is 2. The minimum atomic E-state index is -3.67. The Hall–Kier alpha value is -3.52. The number of rotatable bonds is 11. The van der Waals surface area contributed by atoms with Gasteiger partial charge in [0.05, 0.1) is 29.4 Å². The van der Waals surface area contributed by atoms with E-state index in [1.807, 2.05) is 48.5 Å². The van der Waals surface area contributed by atoms with Crippen molar-refractivity contribution in [3.8, 4) is 23.0 Å². The third-order valence-electron chi connectivity index (χ3n) is 6.89. The molecule has 6 nitrogen and oxygen atoms in total. The normalized spacial score (nSPS) is 11.6. The molecule has 6 aromatic rings. The summed E-state index contributed by atoms with van der Waals surface area (Å²) in [6, 6.07) is 40.9. The number of ether oxygens (including phenoxy) is 2. The first-order valence-electron chi connectivity index (χ1n) is 14.2. The number of halogens is 2. The van der Waals surface area contributed by atoms with E-state index in [-0.39, 0.29) is 19.6 Å². The maximum Gasteiger partial charge on any atom is 0.206 e. The molecule has 0 radical (unpaired) electrons. The van der Waals surface area contributed by atoms with Crippen LogP contribution < -0.4 is 9.47 Å². The van der Waals surface area contributed by atoms with Crippen LogP contribution in [0.4, 0.5) is 0 Å². The topological polar surface area (TPSA) is 86.7 Å². The van der Waals surface area contributed by atoms with Crippen molar-refractivity contribution in [2.75, 3.05) is 0 Å². The molecule has 0 amide bonds. The van der Waals surface area contributed by atoms with Crippen LogP contribution in [-0.4, -0.2) is 16.8 Å². The molecule has 6 rings (SSSR count). The first-order chi connectivity index (χ1) is 23.1. The van der Waals surface area contributed by atoms with Crippen molar-refractivity contribution in [2.45, 2.75) is 29.4 Å². The second-order valence-corrected chi connectivity index (χ2v) is 18.1. The van der Waals surface area contributed by atoms with Crippen LogP contribution in [0.15, 0.2) is 184 Å². The van der Waals surface area contributed by atoms with Crippen molar-refractivity contribution in [2.24, 2.45) is 0 Å². The fourth-order valence-electron chi connectivity index (χ4n) is 4.42. The highest BCUT2D eigenvalue weighted by atomic mass is 79.9. The minimum Gasteiger partial charge on any atom is -0.456 e. The number of benzene rings is 6. The van der Waals surface area contributed by atoms with Gasteiger partial charge >= 0.3 is 0 Å². The van der Waals surface area contributed by atoms with Crippen LogP contribution in [0.1, 0.15) is 0 Å². The second-order valence-electron chi connectivity index (χ2n) is 10.1. The van der Waals surface area contributed by atoms with Gasteiger partial charge in [-0.25, -0.2) is 16.8 Å². The van der Waals surface area contributed by atoms with Crippen LogP contribution in [0.3, 0.4) is 0 Å². The Kier molecular flexibility index (Phi) is 10.7. The molecule has 0 saturated carbocycles. The fraction of sp³-hybridized carbons (Fsp3) is 0. The van der Waals surface area contributed by atoms with Crippen molar-refractivity contribution in [3.05, 3.63) is 155 Å². The number of hydrogen-bond acceptors (Lipinski definition) is 8. The molecule has 0 aliphatic carbocycles. The zero-order valence-electron chi connectivity index (χ0n) is 24.7. The Morgan fingerprint density at radius 3 is 1.02 bits per heavy atom. The molecule has 0 N–H and O–H groups in total. The second kappa shape index (κ2) is 14.9. The van der Waals surface area contributed by atoms with E-state index in [1.54, 1.807) is 72.8 Å². The van der Waals surface area contributed by atoms with Gasteiger partial charge in [0.1, 0.15) is 23.0 Å². The molecule has 0 bridgehead atoms. The summed E-state index contributed by atoms with van der Waals surface area (Å²) in [7, 11) is -4.36. The Bertz CT molecular complexity index is 2100. The zero-order chi connectivity index (χ0) is 33.7. The standard InChI is InChI=1S/C36H24Br2O6S4/c37-25-9-17-29(18-10-25)47(39,40)31-21-13-27(14-22-31)43-33-5-1-3-7-35(33)45-46-36-8-4-2-6-34(36)44-28-15-23-32(24-16-28)48(41,42)30-19-11-26(38)12-20-30/h1-24H. The summed E-state index contributed by atoms with van der Waals surface area (Å²) < 4.78 is 66.1. The highest BCUT2D eigenvalue weighted by Crippen LogP contribution is 2.46. The van der Waals surface area contributed by atoms with Crippen LogP contribution in [0.25, 0.3) is 0 Å². The van der Waals surface area contributed by atoms with E-state index in [9.17, 15) is 16.8 Å². The van der Waals surface area contributed by atoms with Gasteiger partial charge in [0.15, 0.2) is 0 Å². The van der Waals surface area contributed by atoms with E-state index < -0.39 is 19.7 Å². The minimum absolute atomic E-state index is 0.174. The highest BCUT2D eigenvalue weighted by molar-refractivity contribution is 9.10. The average Bonchev–Trinajstić information content (AvgIpc) is 3.09. The van der Waals surface area contributed by atoms with E-state index in [1.165, 1.54) is 45.9 Å². The molecule has 0 atom stereocenters. The van der Waals surface area contributed by atoms with Gasteiger partial charge in [-0.1, -0.05) is 56.1 Å². The van der Waals surface area contributed by atoms with Crippen molar-refractivity contribution >= 4 is 73.1 Å². The summed E-state index contributed by atoms with van der Waals surface area (Å²) in [5, 5.41) is 0. The SMILES string of the molecule is O=S(=O)(c1ccc(Br)cc1)c1ccc(Oc2ccccc2SSc2ccccc2Oc2ccc(S(=O)(=O)c3ccc(Br)cc3)cc2)cc1. The van der Waals surface area contributed by atoms with Gasteiger partial charge in [-0.15, -0.1) is 0 Å². The maximum absolute atomic E-state index is 13.1. The van der Waals surface area contributed by atoms with Gasteiger partial charge in [0, 0.05) is 8.95 Å². The van der Waals surface area contributed by atoms with Crippen LogP contribution in [0.5, 0.6) is 23.0 Å². The van der Waals surface area contributed by atoms with Crippen molar-refractivity contribution in [1.29, 1.82) is 0 Å². The molecule has 242 valence electrons. The average molecular weight is 841 g/mol. The summed E-state index contributed by atoms with van der Waals surface area (Å²) in [5.74, 6) is 2.22. The summed E-state index contributed by atoms with van der Waals surface area (Å²) in [5.41, 5.74) is 0. The van der Waals surface area contributed by atoms with Crippen LogP contribution >= 0.6 is 53.4 Å². The molecule has 48 heavy (non-hydrogen) atoms. The predicted octanol–water partition coefficient (Wildman–Crippen LogP) is 11.3. The summed E-state index contributed by atoms with van der Waals surface area (Å²) in [4.78, 5) is 2.48.